The Labute approximate surface area is 82.6 Å². The van der Waals surface area contributed by atoms with Crippen molar-refractivity contribution in [3.63, 3.8) is 0 Å². The van der Waals surface area contributed by atoms with Gasteiger partial charge in [-0.05, 0) is 12.8 Å². The van der Waals surface area contributed by atoms with Gasteiger partial charge in [-0.2, -0.15) is 0 Å². The van der Waals surface area contributed by atoms with Crippen LogP contribution in [0, 0.1) is 0 Å². The zero-order valence-electron chi connectivity index (χ0n) is 6.44. The molecule has 0 saturated carbocycles. The summed E-state index contributed by atoms with van der Waals surface area (Å²) >= 11 is 0. The summed E-state index contributed by atoms with van der Waals surface area (Å²) in [7, 11) is 0. The third kappa shape index (κ3) is 6.06. The van der Waals surface area contributed by atoms with Crippen LogP contribution in [0.15, 0.2) is 48.6 Å². The Morgan fingerprint density at radius 2 is 0.818 bits per heavy atom. The topological polar surface area (TPSA) is 0 Å². The second kappa shape index (κ2) is 7.75. The second-order valence-electron chi connectivity index (χ2n) is 2.18. The third-order valence-corrected chi connectivity index (χ3v) is 1.31. The van der Waals surface area contributed by atoms with E-state index in [1.54, 1.807) is 0 Å². The maximum atomic E-state index is 2.12. The van der Waals surface area contributed by atoms with E-state index in [-0.39, 0.29) is 21.1 Å². The fourth-order valence-electron chi connectivity index (χ4n) is 0.786. The maximum Gasteiger partial charge on any atom is 0 e. The monoisotopic (exact) mass is 316 g/mol. The van der Waals surface area contributed by atoms with Crippen molar-refractivity contribution in [3.8, 4) is 0 Å². The molecule has 0 aromatic heterocycles. The first-order valence-electron chi connectivity index (χ1n) is 3.63. The summed E-state index contributed by atoms with van der Waals surface area (Å²) in [4.78, 5) is 0. The number of allylic oxidation sites excluding steroid dienone is 8. The second-order valence-corrected chi connectivity index (χ2v) is 2.18. The molecule has 0 amide bonds. The summed E-state index contributed by atoms with van der Waals surface area (Å²) in [6, 6.07) is 0. The first-order valence-corrected chi connectivity index (χ1v) is 3.63. The van der Waals surface area contributed by atoms with Crippen molar-refractivity contribution in [2.75, 3.05) is 0 Å². The smallest absolute Gasteiger partial charge is 0 e. The van der Waals surface area contributed by atoms with Gasteiger partial charge in [0.15, 0.2) is 0 Å². The Bertz CT molecular complexity index is 143. The van der Waals surface area contributed by atoms with Gasteiger partial charge in [0.05, 0.1) is 0 Å². The van der Waals surface area contributed by atoms with Crippen molar-refractivity contribution in [2.45, 2.75) is 12.8 Å². The van der Waals surface area contributed by atoms with Crippen LogP contribution in [0.2, 0.25) is 0 Å². The summed E-state index contributed by atoms with van der Waals surface area (Å²) in [5.74, 6) is 0. The van der Waals surface area contributed by atoms with E-state index in [0.29, 0.717) is 0 Å². The standard InChI is InChI=1S/2C5H6.W/c2*1-2-4-5-3-1;/h2*1-4H,5H2;. The molecule has 0 unspecified atom stereocenters. The van der Waals surface area contributed by atoms with E-state index in [2.05, 4.69) is 48.6 Å². The molecule has 0 heterocycles. The SMILES string of the molecule is C1=CCC=C1.C1=CCC=C1.[W]. The van der Waals surface area contributed by atoms with Crippen LogP contribution in [0.25, 0.3) is 0 Å². The molecule has 0 spiro atoms. The van der Waals surface area contributed by atoms with Crippen molar-refractivity contribution in [3.05, 3.63) is 48.6 Å². The van der Waals surface area contributed by atoms with E-state index in [9.17, 15) is 0 Å². The fourth-order valence-corrected chi connectivity index (χ4v) is 0.786. The zero-order valence-corrected chi connectivity index (χ0v) is 9.37. The normalized spacial score (nSPS) is 16.0. The van der Waals surface area contributed by atoms with Crippen LogP contribution < -0.4 is 0 Å². The average Bonchev–Trinajstić information content (AvgIpc) is 2.67. The van der Waals surface area contributed by atoms with Gasteiger partial charge in [-0.15, -0.1) is 0 Å². The van der Waals surface area contributed by atoms with Crippen molar-refractivity contribution in [1.29, 1.82) is 0 Å². The number of hydrogen-bond donors (Lipinski definition) is 0. The van der Waals surface area contributed by atoms with Crippen LogP contribution in [-0.2, 0) is 21.1 Å². The molecular formula is C10H12W. The van der Waals surface area contributed by atoms with E-state index in [4.69, 9.17) is 0 Å². The Morgan fingerprint density at radius 1 is 0.545 bits per heavy atom. The van der Waals surface area contributed by atoms with E-state index in [1.165, 1.54) is 0 Å². The molecule has 0 aromatic carbocycles. The maximum absolute atomic E-state index is 2.12. The van der Waals surface area contributed by atoms with Crippen LogP contribution in [0.3, 0.4) is 0 Å². The molecule has 0 atom stereocenters. The van der Waals surface area contributed by atoms with Crippen molar-refractivity contribution in [2.24, 2.45) is 0 Å². The molecule has 2 rings (SSSR count). The number of hydrogen-bond acceptors (Lipinski definition) is 0. The molecule has 11 heavy (non-hydrogen) atoms. The molecule has 1 heteroatoms. The molecule has 58 valence electrons. The van der Waals surface area contributed by atoms with Gasteiger partial charge in [0.2, 0.25) is 0 Å². The Hall–Kier alpha value is -0.352. The van der Waals surface area contributed by atoms with Crippen LogP contribution in [-0.4, -0.2) is 0 Å². The molecule has 0 N–H and O–H groups in total. The zero-order chi connectivity index (χ0) is 7.07. The first-order chi connectivity index (χ1) is 5.00. The molecule has 2 aliphatic rings. The van der Waals surface area contributed by atoms with Gasteiger partial charge in [-0.3, -0.25) is 0 Å². The van der Waals surface area contributed by atoms with Gasteiger partial charge in [0.1, 0.15) is 0 Å². The van der Waals surface area contributed by atoms with Gasteiger partial charge in [0.25, 0.3) is 0 Å². The van der Waals surface area contributed by atoms with Crippen LogP contribution in [0.1, 0.15) is 12.8 Å². The Morgan fingerprint density at radius 3 is 0.909 bits per heavy atom. The predicted octanol–water partition coefficient (Wildman–Crippen LogP) is 3.00. The molecule has 0 saturated heterocycles. The Kier molecular flexibility index (Phi) is 7.50. The van der Waals surface area contributed by atoms with Crippen LogP contribution in [0.5, 0.6) is 0 Å². The number of rotatable bonds is 0. The summed E-state index contributed by atoms with van der Waals surface area (Å²) in [6.45, 7) is 0. The molecule has 0 nitrogen and oxygen atoms in total. The average molecular weight is 316 g/mol. The summed E-state index contributed by atoms with van der Waals surface area (Å²) in [5.41, 5.74) is 0. The van der Waals surface area contributed by atoms with Crippen LogP contribution >= 0.6 is 0 Å². The minimum absolute atomic E-state index is 0. The quantitative estimate of drug-likeness (QED) is 0.644. The molecule has 0 aromatic rings. The molecule has 0 bridgehead atoms. The summed E-state index contributed by atoms with van der Waals surface area (Å²) in [5, 5.41) is 0. The van der Waals surface area contributed by atoms with Crippen molar-refractivity contribution < 1.29 is 21.1 Å². The van der Waals surface area contributed by atoms with Crippen molar-refractivity contribution in [1.82, 2.24) is 0 Å². The largest absolute Gasteiger partial charge is 0.0808 e. The molecule has 2 aliphatic carbocycles. The van der Waals surface area contributed by atoms with Crippen molar-refractivity contribution >= 4 is 0 Å². The molecule has 0 radical (unpaired) electrons. The van der Waals surface area contributed by atoms with Gasteiger partial charge >= 0.3 is 0 Å². The third-order valence-electron chi connectivity index (χ3n) is 1.31. The molecular weight excluding hydrogens is 304 g/mol. The summed E-state index contributed by atoms with van der Waals surface area (Å²) in [6.07, 6.45) is 19.0. The predicted molar refractivity (Wildman–Crippen MR) is 45.8 cm³/mol. The van der Waals surface area contributed by atoms with E-state index >= 15 is 0 Å². The first kappa shape index (κ1) is 10.6. The fraction of sp³-hybridized carbons (Fsp3) is 0.200. The van der Waals surface area contributed by atoms with Gasteiger partial charge in [0, 0.05) is 21.1 Å². The molecule has 0 aliphatic heterocycles. The molecule has 0 fully saturated rings. The minimum Gasteiger partial charge on any atom is -0.0808 e. The van der Waals surface area contributed by atoms with Gasteiger partial charge in [-0.25, -0.2) is 0 Å². The van der Waals surface area contributed by atoms with E-state index in [1.807, 2.05) is 0 Å². The Balaban J connectivity index is 0.000000167. The van der Waals surface area contributed by atoms with E-state index < -0.39 is 0 Å². The minimum atomic E-state index is 0. The van der Waals surface area contributed by atoms with E-state index in [0.717, 1.165) is 12.8 Å². The van der Waals surface area contributed by atoms with Gasteiger partial charge in [-0.1, -0.05) is 48.6 Å². The summed E-state index contributed by atoms with van der Waals surface area (Å²) < 4.78 is 0. The van der Waals surface area contributed by atoms with Crippen LogP contribution in [0.4, 0.5) is 0 Å². The van der Waals surface area contributed by atoms with Gasteiger partial charge < -0.3 is 0 Å².